The van der Waals surface area contributed by atoms with E-state index in [0.29, 0.717) is 10.8 Å². The largest absolute Gasteiger partial charge is 0.494 e. The molecule has 0 aliphatic carbocycles. The zero-order valence-corrected chi connectivity index (χ0v) is 10.8. The van der Waals surface area contributed by atoms with E-state index in [2.05, 4.69) is 15.1 Å². The highest BCUT2D eigenvalue weighted by molar-refractivity contribution is 6.34. The Morgan fingerprint density at radius 1 is 1.21 bits per heavy atom. The quantitative estimate of drug-likeness (QED) is 0.774. The molecule has 19 heavy (non-hydrogen) atoms. The average molecular weight is 276 g/mol. The zero-order valence-electron chi connectivity index (χ0n) is 10.0. The summed E-state index contributed by atoms with van der Waals surface area (Å²) < 4.78 is 7.00. The van der Waals surface area contributed by atoms with Crippen LogP contribution in [-0.2, 0) is 0 Å². The number of halogens is 1. The Bertz CT molecular complexity index is 738. The van der Waals surface area contributed by atoms with Gasteiger partial charge in [-0.1, -0.05) is 11.6 Å². The lowest BCUT2D eigenvalue weighted by molar-refractivity contribution is 0.417. The van der Waals surface area contributed by atoms with Gasteiger partial charge in [0, 0.05) is 29.7 Å². The van der Waals surface area contributed by atoms with E-state index >= 15 is 0 Å². The third-order valence-corrected chi connectivity index (χ3v) is 3.03. The predicted molar refractivity (Wildman–Crippen MR) is 72.2 cm³/mol. The van der Waals surface area contributed by atoms with Crippen LogP contribution in [0.5, 0.6) is 5.75 Å². The molecular formula is C12H10ClN5O. The molecule has 0 saturated carbocycles. The number of hydrogen-bond acceptors (Lipinski definition) is 5. The van der Waals surface area contributed by atoms with E-state index < -0.39 is 0 Å². The fraction of sp³-hybridized carbons (Fsp3) is 0.0833. The molecule has 0 aromatic carbocycles. The lowest BCUT2D eigenvalue weighted by Crippen LogP contribution is -1.96. The van der Waals surface area contributed by atoms with E-state index in [-0.39, 0.29) is 5.95 Å². The van der Waals surface area contributed by atoms with Crippen LogP contribution in [-0.4, -0.2) is 26.7 Å². The minimum atomic E-state index is 0.235. The molecule has 0 unspecified atom stereocenters. The van der Waals surface area contributed by atoms with Gasteiger partial charge in [0.05, 0.1) is 18.3 Å². The molecule has 3 heterocycles. The molecule has 0 saturated heterocycles. The fourth-order valence-corrected chi connectivity index (χ4v) is 2.07. The second kappa shape index (κ2) is 4.40. The molecular weight excluding hydrogens is 266 g/mol. The molecule has 0 atom stereocenters. The Labute approximate surface area is 113 Å². The topological polar surface area (TPSA) is 78.3 Å². The molecule has 0 spiro atoms. The lowest BCUT2D eigenvalue weighted by atomic mass is 10.1. The summed E-state index contributed by atoms with van der Waals surface area (Å²) in [6, 6.07) is 1.86. The zero-order chi connectivity index (χ0) is 13.4. The third-order valence-electron chi connectivity index (χ3n) is 2.76. The number of hydrogen-bond donors (Lipinski definition) is 1. The molecule has 0 aliphatic heterocycles. The summed E-state index contributed by atoms with van der Waals surface area (Å²) in [6.07, 6.45) is 6.70. The summed E-state index contributed by atoms with van der Waals surface area (Å²) >= 11 is 6.07. The first-order chi connectivity index (χ1) is 9.19. The van der Waals surface area contributed by atoms with Crippen LogP contribution in [0.15, 0.2) is 30.9 Å². The molecule has 0 bridgehead atoms. The van der Waals surface area contributed by atoms with Crippen LogP contribution in [0.3, 0.4) is 0 Å². The van der Waals surface area contributed by atoms with Gasteiger partial charge >= 0.3 is 0 Å². The molecule has 2 N–H and O–H groups in total. The first-order valence-corrected chi connectivity index (χ1v) is 5.85. The van der Waals surface area contributed by atoms with Crippen molar-refractivity contribution in [2.75, 3.05) is 12.8 Å². The number of nitrogens with two attached hydrogens (primary N) is 1. The second-order valence-electron chi connectivity index (χ2n) is 3.91. The van der Waals surface area contributed by atoms with E-state index in [1.165, 1.54) is 0 Å². The maximum absolute atomic E-state index is 6.07. The highest BCUT2D eigenvalue weighted by Crippen LogP contribution is 2.31. The molecule has 6 nitrogen and oxygen atoms in total. The normalized spacial score (nSPS) is 10.8. The van der Waals surface area contributed by atoms with Crippen molar-refractivity contribution >= 4 is 23.1 Å². The Morgan fingerprint density at radius 2 is 1.95 bits per heavy atom. The fourth-order valence-electron chi connectivity index (χ4n) is 1.85. The van der Waals surface area contributed by atoms with Gasteiger partial charge < -0.3 is 10.5 Å². The number of rotatable bonds is 2. The van der Waals surface area contributed by atoms with Gasteiger partial charge in [-0.3, -0.25) is 0 Å². The number of fused-ring (bicyclic) bond motifs is 1. The summed E-state index contributed by atoms with van der Waals surface area (Å²) in [4.78, 5) is 7.93. The van der Waals surface area contributed by atoms with Crippen molar-refractivity contribution < 1.29 is 4.74 Å². The average Bonchev–Trinajstić information content (AvgIpc) is 2.80. The second-order valence-corrected chi connectivity index (χ2v) is 4.32. The van der Waals surface area contributed by atoms with E-state index in [9.17, 15) is 0 Å². The smallest absolute Gasteiger partial charge is 0.219 e. The number of nitrogens with zero attached hydrogens (tertiary/aromatic N) is 4. The maximum atomic E-state index is 6.07. The van der Waals surface area contributed by atoms with Crippen LogP contribution in [0.1, 0.15) is 0 Å². The van der Waals surface area contributed by atoms with Crippen molar-refractivity contribution in [2.24, 2.45) is 0 Å². The van der Waals surface area contributed by atoms with E-state index in [0.717, 1.165) is 16.6 Å². The van der Waals surface area contributed by atoms with Crippen LogP contribution in [0.2, 0.25) is 5.02 Å². The standard InChI is InChI=1S/C12H10ClN5O/c1-19-10-2-7(8-3-15-12(14)16-4-8)6-18-11(10)9(13)5-17-18/h2-6H,1H3,(H2,14,15,16). The van der Waals surface area contributed by atoms with Crippen molar-refractivity contribution in [1.82, 2.24) is 19.6 Å². The van der Waals surface area contributed by atoms with Gasteiger partial charge in [0.25, 0.3) is 0 Å². The number of anilines is 1. The lowest BCUT2D eigenvalue weighted by Gasteiger charge is -2.07. The Kier molecular flexibility index (Phi) is 2.72. The molecule has 0 radical (unpaired) electrons. The summed E-state index contributed by atoms with van der Waals surface area (Å²) in [5, 5.41) is 4.71. The molecule has 7 heteroatoms. The van der Waals surface area contributed by atoms with Crippen molar-refractivity contribution in [2.45, 2.75) is 0 Å². The number of methoxy groups -OCH3 is 1. The summed E-state index contributed by atoms with van der Waals surface area (Å²) in [7, 11) is 1.59. The van der Waals surface area contributed by atoms with Crippen molar-refractivity contribution in [3.63, 3.8) is 0 Å². The van der Waals surface area contributed by atoms with Gasteiger partial charge in [0.2, 0.25) is 5.95 Å². The number of pyridine rings is 1. The third kappa shape index (κ3) is 1.96. The van der Waals surface area contributed by atoms with Gasteiger partial charge in [-0.25, -0.2) is 14.5 Å². The van der Waals surface area contributed by atoms with Crippen molar-refractivity contribution in [1.29, 1.82) is 0 Å². The van der Waals surface area contributed by atoms with Crippen molar-refractivity contribution in [3.05, 3.63) is 35.9 Å². The Balaban J connectivity index is 2.22. The monoisotopic (exact) mass is 275 g/mol. The molecule has 0 amide bonds. The first-order valence-electron chi connectivity index (χ1n) is 5.48. The minimum Gasteiger partial charge on any atom is -0.494 e. The summed E-state index contributed by atoms with van der Waals surface area (Å²) in [5.41, 5.74) is 7.88. The van der Waals surface area contributed by atoms with Gasteiger partial charge in [-0.05, 0) is 6.07 Å². The number of nitrogen functional groups attached to an aromatic ring is 1. The van der Waals surface area contributed by atoms with Gasteiger partial charge in [-0.2, -0.15) is 5.10 Å². The van der Waals surface area contributed by atoms with Crippen LogP contribution in [0, 0.1) is 0 Å². The van der Waals surface area contributed by atoms with Crippen LogP contribution < -0.4 is 10.5 Å². The van der Waals surface area contributed by atoms with E-state index in [4.69, 9.17) is 22.1 Å². The molecule has 3 rings (SSSR count). The first kappa shape index (κ1) is 11.7. The van der Waals surface area contributed by atoms with Crippen molar-refractivity contribution in [3.8, 4) is 16.9 Å². The van der Waals surface area contributed by atoms with Crippen LogP contribution in [0.4, 0.5) is 5.95 Å². The minimum absolute atomic E-state index is 0.235. The summed E-state index contributed by atoms with van der Waals surface area (Å²) in [6.45, 7) is 0. The molecule has 0 fully saturated rings. The molecule has 3 aromatic heterocycles. The van der Waals surface area contributed by atoms with E-state index in [1.54, 1.807) is 30.2 Å². The predicted octanol–water partition coefficient (Wildman–Crippen LogP) is 2.04. The SMILES string of the molecule is COc1cc(-c2cnc(N)nc2)cn2ncc(Cl)c12. The molecule has 0 aliphatic rings. The van der Waals surface area contributed by atoms with Crippen LogP contribution >= 0.6 is 11.6 Å². The van der Waals surface area contributed by atoms with E-state index in [1.807, 2.05) is 12.3 Å². The number of ether oxygens (including phenoxy) is 1. The van der Waals surface area contributed by atoms with Crippen LogP contribution in [0.25, 0.3) is 16.6 Å². The highest BCUT2D eigenvalue weighted by Gasteiger charge is 2.11. The molecule has 96 valence electrons. The highest BCUT2D eigenvalue weighted by atomic mass is 35.5. The maximum Gasteiger partial charge on any atom is 0.219 e. The number of aromatic nitrogens is 4. The van der Waals surface area contributed by atoms with Gasteiger partial charge in [-0.15, -0.1) is 0 Å². The Hall–Kier alpha value is -2.34. The van der Waals surface area contributed by atoms with Gasteiger partial charge in [0.15, 0.2) is 0 Å². The van der Waals surface area contributed by atoms with Gasteiger partial charge in [0.1, 0.15) is 11.3 Å². The summed E-state index contributed by atoms with van der Waals surface area (Å²) in [5.74, 6) is 0.871. The molecule has 3 aromatic rings. The Morgan fingerprint density at radius 3 is 2.63 bits per heavy atom.